The van der Waals surface area contributed by atoms with Gasteiger partial charge in [-0.05, 0) is 25.2 Å². The Balaban J connectivity index is 4.28. The second-order valence-corrected chi connectivity index (χ2v) is 11.2. The zero-order valence-electron chi connectivity index (χ0n) is 25.4. The first-order chi connectivity index (χ1) is 18.4. The predicted molar refractivity (Wildman–Crippen MR) is 155 cm³/mol. The van der Waals surface area contributed by atoms with Crippen molar-refractivity contribution in [2.24, 2.45) is 5.92 Å². The quantitative estimate of drug-likeness (QED) is 0.0588. The van der Waals surface area contributed by atoms with Crippen molar-refractivity contribution in [1.29, 1.82) is 0 Å². The lowest BCUT2D eigenvalue weighted by molar-refractivity contribution is -0.167. The van der Waals surface area contributed by atoms with Gasteiger partial charge in [0.2, 0.25) is 0 Å². The molecule has 0 unspecified atom stereocenters. The Morgan fingerprint density at radius 3 is 1.29 bits per heavy atom. The van der Waals surface area contributed by atoms with Crippen molar-refractivity contribution < 1.29 is 28.6 Å². The normalized spacial score (nSPS) is 11.9. The second kappa shape index (κ2) is 27.0. The lowest BCUT2D eigenvalue weighted by Gasteiger charge is -2.18. The van der Waals surface area contributed by atoms with Crippen LogP contribution in [-0.2, 0) is 28.6 Å². The summed E-state index contributed by atoms with van der Waals surface area (Å²) in [6.07, 6.45) is 20.1. The van der Waals surface area contributed by atoms with Crippen LogP contribution in [-0.4, -0.2) is 37.2 Å². The molecule has 0 amide bonds. The van der Waals surface area contributed by atoms with E-state index >= 15 is 0 Å². The zero-order chi connectivity index (χ0) is 28.3. The molecule has 0 radical (unpaired) electrons. The van der Waals surface area contributed by atoms with Crippen LogP contribution in [0, 0.1) is 5.92 Å². The monoisotopic (exact) mass is 540 g/mol. The van der Waals surface area contributed by atoms with Crippen molar-refractivity contribution in [3.63, 3.8) is 0 Å². The van der Waals surface area contributed by atoms with Gasteiger partial charge < -0.3 is 14.2 Å². The van der Waals surface area contributed by atoms with Gasteiger partial charge in [0, 0.05) is 19.3 Å². The minimum Gasteiger partial charge on any atom is -0.462 e. The first-order valence-electron chi connectivity index (χ1n) is 15.9. The van der Waals surface area contributed by atoms with E-state index in [0.29, 0.717) is 19.3 Å². The third kappa shape index (κ3) is 26.0. The molecule has 0 saturated carbocycles. The average Bonchev–Trinajstić information content (AvgIpc) is 2.88. The van der Waals surface area contributed by atoms with Gasteiger partial charge in [-0.2, -0.15) is 0 Å². The number of hydrogen-bond donors (Lipinski definition) is 0. The number of carbonyl (C=O) groups is 3. The van der Waals surface area contributed by atoms with Gasteiger partial charge in [0.25, 0.3) is 0 Å². The highest BCUT2D eigenvalue weighted by Gasteiger charge is 2.19. The van der Waals surface area contributed by atoms with Gasteiger partial charge in [-0.1, -0.05) is 124 Å². The van der Waals surface area contributed by atoms with Gasteiger partial charge in [-0.25, -0.2) is 0 Å². The highest BCUT2D eigenvalue weighted by Crippen LogP contribution is 2.13. The number of esters is 3. The van der Waals surface area contributed by atoms with Crippen LogP contribution in [0.15, 0.2) is 0 Å². The van der Waals surface area contributed by atoms with E-state index in [2.05, 4.69) is 27.7 Å². The van der Waals surface area contributed by atoms with E-state index < -0.39 is 6.10 Å². The predicted octanol–water partition coefficient (Wildman–Crippen LogP) is 8.87. The minimum absolute atomic E-state index is 0.0694. The van der Waals surface area contributed by atoms with E-state index in [4.69, 9.17) is 14.2 Å². The van der Waals surface area contributed by atoms with Crippen molar-refractivity contribution in [2.45, 2.75) is 169 Å². The molecular weight excluding hydrogens is 480 g/mol. The van der Waals surface area contributed by atoms with Crippen LogP contribution in [0.1, 0.15) is 163 Å². The van der Waals surface area contributed by atoms with E-state index in [1.807, 2.05) is 0 Å². The van der Waals surface area contributed by atoms with Crippen LogP contribution in [0.2, 0.25) is 0 Å². The summed E-state index contributed by atoms with van der Waals surface area (Å²) in [5, 5.41) is 0. The van der Waals surface area contributed by atoms with Crippen LogP contribution >= 0.6 is 0 Å². The molecule has 224 valence electrons. The van der Waals surface area contributed by atoms with Gasteiger partial charge in [0.15, 0.2) is 6.10 Å². The summed E-state index contributed by atoms with van der Waals surface area (Å²) in [6.45, 7) is 8.71. The molecule has 0 fully saturated rings. The molecule has 0 aliphatic heterocycles. The van der Waals surface area contributed by atoms with E-state index in [1.54, 1.807) is 0 Å². The SMILES string of the molecule is CCCCCCCC(=O)OC[C@H](COC(=O)CCCCCCCCCC(C)C)OC(=O)CCCCCCC. The Labute approximate surface area is 234 Å². The van der Waals surface area contributed by atoms with Gasteiger partial charge in [0.1, 0.15) is 13.2 Å². The lowest BCUT2D eigenvalue weighted by Crippen LogP contribution is -2.30. The van der Waals surface area contributed by atoms with Crippen molar-refractivity contribution in [2.75, 3.05) is 13.2 Å². The molecule has 0 aromatic heterocycles. The van der Waals surface area contributed by atoms with Crippen molar-refractivity contribution >= 4 is 17.9 Å². The van der Waals surface area contributed by atoms with E-state index in [0.717, 1.165) is 76.5 Å². The number of carbonyl (C=O) groups excluding carboxylic acids is 3. The van der Waals surface area contributed by atoms with Crippen LogP contribution < -0.4 is 0 Å². The summed E-state index contributed by atoms with van der Waals surface area (Å²) in [5.74, 6) is -0.124. The van der Waals surface area contributed by atoms with Crippen LogP contribution in [0.4, 0.5) is 0 Å². The molecule has 38 heavy (non-hydrogen) atoms. The summed E-state index contributed by atoms with van der Waals surface area (Å²) in [5.41, 5.74) is 0. The number of ether oxygens (including phenoxy) is 3. The molecule has 0 aliphatic carbocycles. The Morgan fingerprint density at radius 1 is 0.500 bits per heavy atom. The Kier molecular flexibility index (Phi) is 25.9. The molecule has 0 heterocycles. The molecule has 6 nitrogen and oxygen atoms in total. The molecule has 0 bridgehead atoms. The molecule has 0 rings (SSSR count). The van der Waals surface area contributed by atoms with Crippen LogP contribution in [0.5, 0.6) is 0 Å². The average molecular weight is 541 g/mol. The molecule has 0 aromatic carbocycles. The fourth-order valence-corrected chi connectivity index (χ4v) is 4.33. The Morgan fingerprint density at radius 2 is 0.868 bits per heavy atom. The van der Waals surface area contributed by atoms with Gasteiger partial charge >= 0.3 is 17.9 Å². The Hall–Kier alpha value is -1.59. The van der Waals surface area contributed by atoms with Crippen molar-refractivity contribution in [3.05, 3.63) is 0 Å². The molecule has 0 saturated heterocycles. The summed E-state index contributed by atoms with van der Waals surface area (Å²) < 4.78 is 16.3. The molecule has 0 spiro atoms. The minimum atomic E-state index is -0.753. The molecule has 1 atom stereocenters. The van der Waals surface area contributed by atoms with Crippen molar-refractivity contribution in [3.8, 4) is 0 Å². The van der Waals surface area contributed by atoms with Gasteiger partial charge in [0.05, 0.1) is 0 Å². The number of unbranched alkanes of at least 4 members (excludes halogenated alkanes) is 14. The maximum absolute atomic E-state index is 12.3. The fourth-order valence-electron chi connectivity index (χ4n) is 4.33. The zero-order valence-corrected chi connectivity index (χ0v) is 25.4. The third-order valence-corrected chi connectivity index (χ3v) is 6.79. The molecule has 0 aliphatic rings. The van der Waals surface area contributed by atoms with Gasteiger partial charge in [-0.3, -0.25) is 14.4 Å². The standard InChI is InChI=1S/C32H60O6/c1-5-7-9-14-19-23-30(33)36-26-29(38-32(35)25-21-15-10-8-6-2)27-37-31(34)24-20-17-13-11-12-16-18-22-28(3)4/h28-29H,5-27H2,1-4H3/t29-/m1/s1. The molecular formula is C32H60O6. The molecule has 0 N–H and O–H groups in total. The number of rotatable bonds is 27. The summed E-state index contributed by atoms with van der Waals surface area (Å²) in [6, 6.07) is 0. The van der Waals surface area contributed by atoms with E-state index in [1.165, 1.54) is 44.9 Å². The lowest BCUT2D eigenvalue weighted by atomic mass is 10.0. The summed E-state index contributed by atoms with van der Waals surface area (Å²) in [7, 11) is 0. The smallest absolute Gasteiger partial charge is 0.306 e. The van der Waals surface area contributed by atoms with Crippen LogP contribution in [0.25, 0.3) is 0 Å². The maximum atomic E-state index is 12.3. The second-order valence-electron chi connectivity index (χ2n) is 11.2. The third-order valence-electron chi connectivity index (χ3n) is 6.79. The molecule has 6 heteroatoms. The van der Waals surface area contributed by atoms with Crippen LogP contribution in [0.3, 0.4) is 0 Å². The van der Waals surface area contributed by atoms with E-state index in [9.17, 15) is 14.4 Å². The largest absolute Gasteiger partial charge is 0.462 e. The Bertz CT molecular complexity index is 574. The maximum Gasteiger partial charge on any atom is 0.306 e. The first kappa shape index (κ1) is 36.4. The first-order valence-corrected chi connectivity index (χ1v) is 15.9. The van der Waals surface area contributed by atoms with E-state index in [-0.39, 0.29) is 31.1 Å². The summed E-state index contributed by atoms with van der Waals surface area (Å²) >= 11 is 0. The van der Waals surface area contributed by atoms with Gasteiger partial charge in [-0.15, -0.1) is 0 Å². The van der Waals surface area contributed by atoms with Crippen molar-refractivity contribution in [1.82, 2.24) is 0 Å². The fraction of sp³-hybridized carbons (Fsp3) is 0.906. The number of hydrogen-bond acceptors (Lipinski definition) is 6. The topological polar surface area (TPSA) is 78.9 Å². The highest BCUT2D eigenvalue weighted by atomic mass is 16.6. The summed E-state index contributed by atoms with van der Waals surface area (Å²) in [4.78, 5) is 36.7. The molecule has 0 aromatic rings. The highest BCUT2D eigenvalue weighted by molar-refractivity contribution is 5.71.